The lowest BCUT2D eigenvalue weighted by Crippen LogP contribution is -2.60. The zero-order chi connectivity index (χ0) is 26.6. The summed E-state index contributed by atoms with van der Waals surface area (Å²) in [6.07, 6.45) is 1.54. The zero-order valence-electron chi connectivity index (χ0n) is 22.5. The van der Waals surface area contributed by atoms with Gasteiger partial charge in [-0.15, -0.1) is 11.8 Å². The summed E-state index contributed by atoms with van der Waals surface area (Å²) in [5.74, 6) is -1.57. The minimum atomic E-state index is -0.786. The van der Waals surface area contributed by atoms with Gasteiger partial charge >= 0.3 is 0 Å². The van der Waals surface area contributed by atoms with Gasteiger partial charge in [0.2, 0.25) is 17.7 Å². The highest BCUT2D eigenvalue weighted by Gasteiger charge is 2.76. The Balaban J connectivity index is 1.82. The van der Waals surface area contributed by atoms with E-state index in [1.807, 2.05) is 44.2 Å². The molecule has 0 radical (unpaired) electrons. The Labute approximate surface area is 219 Å². The number of aliphatic hydroxyl groups is 1. The molecule has 3 amide bonds. The second kappa shape index (κ2) is 9.35. The smallest absolute Gasteiger partial charge is 0.244 e. The number of rotatable bonds is 7. The van der Waals surface area contributed by atoms with Gasteiger partial charge in [-0.3, -0.25) is 14.4 Å². The molecule has 7 atom stereocenters. The van der Waals surface area contributed by atoms with Gasteiger partial charge in [-0.1, -0.05) is 58.0 Å². The number of aliphatic hydroxyl groups excluding tert-OH is 1. The van der Waals surface area contributed by atoms with E-state index in [2.05, 4.69) is 38.3 Å². The summed E-state index contributed by atoms with van der Waals surface area (Å²) in [7, 11) is 1.60. The molecule has 1 aromatic carbocycles. The predicted octanol–water partition coefficient (Wildman–Crippen LogP) is 3.13. The normalized spacial score (nSPS) is 32.4. The van der Waals surface area contributed by atoms with Crippen LogP contribution in [0, 0.1) is 23.2 Å². The summed E-state index contributed by atoms with van der Waals surface area (Å²) in [6.45, 7) is 12.3. The van der Waals surface area contributed by atoms with Gasteiger partial charge in [0.05, 0.1) is 29.2 Å². The molecule has 3 N–H and O–H groups in total. The van der Waals surface area contributed by atoms with Crippen molar-refractivity contribution in [2.24, 2.45) is 23.2 Å². The third kappa shape index (κ3) is 4.34. The molecule has 0 saturated carbocycles. The Morgan fingerprint density at radius 3 is 2.36 bits per heavy atom. The summed E-state index contributed by atoms with van der Waals surface area (Å²) in [4.78, 5) is 43.2. The monoisotopic (exact) mass is 515 g/mol. The molecule has 36 heavy (non-hydrogen) atoms. The molecule has 3 saturated heterocycles. The quantitative estimate of drug-likeness (QED) is 0.518. The summed E-state index contributed by atoms with van der Waals surface area (Å²) in [5.41, 5.74) is 0.281. The van der Waals surface area contributed by atoms with E-state index >= 15 is 0 Å². The molecule has 3 heterocycles. The van der Waals surface area contributed by atoms with Crippen molar-refractivity contribution in [1.29, 1.82) is 0 Å². The summed E-state index contributed by atoms with van der Waals surface area (Å²) in [6, 6.07) is 7.93. The van der Waals surface area contributed by atoms with Crippen molar-refractivity contribution in [3.05, 3.63) is 35.9 Å². The van der Waals surface area contributed by atoms with Gasteiger partial charge in [0.1, 0.15) is 6.04 Å². The van der Waals surface area contributed by atoms with E-state index in [1.54, 1.807) is 23.7 Å². The van der Waals surface area contributed by atoms with Gasteiger partial charge in [-0.25, -0.2) is 0 Å². The minimum Gasteiger partial charge on any atom is -0.394 e. The third-order valence-corrected chi connectivity index (χ3v) is 10.2. The van der Waals surface area contributed by atoms with E-state index in [0.717, 1.165) is 18.4 Å². The predicted molar refractivity (Wildman–Crippen MR) is 142 cm³/mol. The molecule has 0 aromatic heterocycles. The average Bonchev–Trinajstić information content (AvgIpc) is 3.36. The molecule has 1 aromatic rings. The fourth-order valence-corrected chi connectivity index (χ4v) is 9.77. The van der Waals surface area contributed by atoms with Crippen molar-refractivity contribution < 1.29 is 19.5 Å². The van der Waals surface area contributed by atoms with Crippen molar-refractivity contribution in [2.75, 3.05) is 13.7 Å². The first-order valence-electron chi connectivity index (χ1n) is 13.0. The van der Waals surface area contributed by atoms with Crippen LogP contribution in [-0.4, -0.2) is 63.0 Å². The number of fused-ring (bicyclic) bond motifs is 1. The van der Waals surface area contributed by atoms with E-state index < -0.39 is 34.2 Å². The number of carbonyl (C=O) groups excluding carboxylic acids is 3. The molecule has 7 nitrogen and oxygen atoms in total. The first-order valence-corrected chi connectivity index (χ1v) is 13.8. The van der Waals surface area contributed by atoms with Gasteiger partial charge in [-0.05, 0) is 43.6 Å². The maximum atomic E-state index is 14.3. The van der Waals surface area contributed by atoms with Crippen LogP contribution in [0.2, 0.25) is 0 Å². The van der Waals surface area contributed by atoms with Crippen LogP contribution in [0.1, 0.15) is 66.0 Å². The fourth-order valence-electron chi connectivity index (χ4n) is 7.36. The first kappa shape index (κ1) is 27.0. The maximum Gasteiger partial charge on any atom is 0.244 e. The van der Waals surface area contributed by atoms with Crippen LogP contribution in [-0.2, 0) is 14.4 Å². The van der Waals surface area contributed by atoms with Crippen molar-refractivity contribution in [2.45, 2.75) is 82.0 Å². The van der Waals surface area contributed by atoms with E-state index in [1.165, 1.54) is 0 Å². The van der Waals surface area contributed by atoms with Crippen LogP contribution in [0.3, 0.4) is 0 Å². The van der Waals surface area contributed by atoms with Gasteiger partial charge in [0.25, 0.3) is 0 Å². The topological polar surface area (TPSA) is 98.7 Å². The SMILES string of the molecule is CNC(=O)[C@@H]1[C@@H]2CC(C)C3(S2)C(C(=O)NC(C)(C)CC(C)(C)C)N([C@H](CO)c2ccccc2)C(=O)[C@H]13. The first-order chi connectivity index (χ1) is 16.8. The molecule has 4 rings (SSSR count). The molecule has 3 fully saturated rings. The molecule has 2 bridgehead atoms. The summed E-state index contributed by atoms with van der Waals surface area (Å²) >= 11 is 1.65. The Bertz CT molecular complexity index is 1020. The number of nitrogens with one attached hydrogen (secondary N) is 2. The molecule has 0 aliphatic carbocycles. The number of hydrogen-bond acceptors (Lipinski definition) is 5. The second-order valence-corrected chi connectivity index (χ2v) is 14.2. The van der Waals surface area contributed by atoms with Crippen LogP contribution in [0.5, 0.6) is 0 Å². The van der Waals surface area contributed by atoms with E-state index in [-0.39, 0.29) is 40.9 Å². The van der Waals surface area contributed by atoms with Gasteiger partial charge in [0.15, 0.2) is 0 Å². The average molecular weight is 516 g/mol. The highest BCUT2D eigenvalue weighted by molar-refractivity contribution is 8.02. The van der Waals surface area contributed by atoms with Crippen molar-refractivity contribution in [3.8, 4) is 0 Å². The van der Waals surface area contributed by atoms with Crippen LogP contribution in [0.15, 0.2) is 30.3 Å². The lowest BCUT2D eigenvalue weighted by atomic mass is 9.65. The lowest BCUT2D eigenvalue weighted by Gasteiger charge is -2.42. The van der Waals surface area contributed by atoms with E-state index in [9.17, 15) is 19.5 Å². The Morgan fingerprint density at radius 1 is 1.17 bits per heavy atom. The third-order valence-electron chi connectivity index (χ3n) is 8.11. The van der Waals surface area contributed by atoms with Gasteiger partial charge < -0.3 is 20.6 Å². The lowest BCUT2D eigenvalue weighted by molar-refractivity contribution is -0.143. The Morgan fingerprint density at radius 2 is 1.81 bits per heavy atom. The highest BCUT2D eigenvalue weighted by Crippen LogP contribution is 2.69. The molecule has 198 valence electrons. The maximum absolute atomic E-state index is 14.3. The number of nitrogens with zero attached hydrogens (tertiary/aromatic N) is 1. The van der Waals surface area contributed by atoms with Crippen LogP contribution in [0.4, 0.5) is 0 Å². The van der Waals surface area contributed by atoms with E-state index in [0.29, 0.717) is 0 Å². The van der Waals surface area contributed by atoms with Gasteiger partial charge in [-0.2, -0.15) is 0 Å². The van der Waals surface area contributed by atoms with Crippen molar-refractivity contribution in [3.63, 3.8) is 0 Å². The second-order valence-electron chi connectivity index (χ2n) is 12.6. The number of thioether (sulfide) groups is 1. The molecule has 8 heteroatoms. The van der Waals surface area contributed by atoms with E-state index in [4.69, 9.17) is 0 Å². The Kier molecular flexibility index (Phi) is 7.01. The van der Waals surface area contributed by atoms with Crippen LogP contribution in [0.25, 0.3) is 0 Å². The number of benzene rings is 1. The van der Waals surface area contributed by atoms with Gasteiger partial charge in [0, 0.05) is 17.8 Å². The standard InChI is InChI=1S/C28H41N3O4S/c1-16-13-19-20(23(33)29-7)21-25(35)31(18(14-32)17-11-9-8-10-12-17)22(28(16,21)36-19)24(34)30-27(5,6)15-26(2,3)4/h8-12,16,18-22,32H,13-15H2,1-7H3,(H,29,33)(H,30,34)/t16?,18-,19+,20-,21+,22?,28?/m1/s1. The Hall–Kier alpha value is -2.06. The zero-order valence-corrected chi connectivity index (χ0v) is 23.3. The summed E-state index contributed by atoms with van der Waals surface area (Å²) in [5, 5.41) is 16.6. The highest BCUT2D eigenvalue weighted by atomic mass is 32.2. The summed E-state index contributed by atoms with van der Waals surface area (Å²) < 4.78 is -0.719. The van der Waals surface area contributed by atoms with Crippen molar-refractivity contribution >= 4 is 29.5 Å². The molecular formula is C28H41N3O4S. The van der Waals surface area contributed by atoms with Crippen LogP contribution >= 0.6 is 11.8 Å². The minimum absolute atomic E-state index is 0.00137. The van der Waals surface area contributed by atoms with Crippen LogP contribution < -0.4 is 10.6 Å². The molecule has 1 spiro atoms. The number of amides is 3. The van der Waals surface area contributed by atoms with Crippen molar-refractivity contribution in [1.82, 2.24) is 15.5 Å². The molecule has 3 unspecified atom stereocenters. The molecule has 3 aliphatic rings. The molecular weight excluding hydrogens is 474 g/mol. The number of likely N-dealkylation sites (tertiary alicyclic amines) is 1. The number of carbonyl (C=O) groups is 3. The fraction of sp³-hybridized carbons (Fsp3) is 0.679. The number of hydrogen-bond donors (Lipinski definition) is 3. The largest absolute Gasteiger partial charge is 0.394 e. The molecule has 3 aliphatic heterocycles.